The van der Waals surface area contributed by atoms with E-state index < -0.39 is 0 Å². The van der Waals surface area contributed by atoms with Gasteiger partial charge in [0.25, 0.3) is 5.91 Å². The second kappa shape index (κ2) is 8.45. The Morgan fingerprint density at radius 2 is 2.00 bits per heavy atom. The van der Waals surface area contributed by atoms with Gasteiger partial charge < -0.3 is 15.9 Å². The zero-order valence-corrected chi connectivity index (χ0v) is 16.1. The van der Waals surface area contributed by atoms with Gasteiger partial charge in [0.05, 0.1) is 6.04 Å². The number of primary amides is 1. The number of amides is 2. The smallest absolute Gasteiger partial charge is 0.273 e. The topological polar surface area (TPSA) is 97.0 Å². The first-order valence-electron chi connectivity index (χ1n) is 9.81. The van der Waals surface area contributed by atoms with Crippen LogP contribution in [0.2, 0.25) is 0 Å². The molecular formula is C22H24N4O3. The SMILES string of the molecule is NC(=O)C1CCCN1Cc1cccc(NC(=O)C2=NOC(c3ccccc3)C2)c1. The van der Waals surface area contributed by atoms with Crippen LogP contribution in [0.4, 0.5) is 5.69 Å². The van der Waals surface area contributed by atoms with Crippen LogP contribution >= 0.6 is 0 Å². The first-order valence-corrected chi connectivity index (χ1v) is 9.81. The number of oxime groups is 1. The van der Waals surface area contributed by atoms with Gasteiger partial charge in [0.2, 0.25) is 5.91 Å². The third-order valence-corrected chi connectivity index (χ3v) is 5.36. The van der Waals surface area contributed by atoms with Gasteiger partial charge in [-0.3, -0.25) is 14.5 Å². The van der Waals surface area contributed by atoms with Crippen molar-refractivity contribution in [2.45, 2.75) is 38.0 Å². The lowest BCUT2D eigenvalue weighted by molar-refractivity contribution is -0.122. The van der Waals surface area contributed by atoms with Crippen molar-refractivity contribution in [1.82, 2.24) is 4.90 Å². The molecule has 2 unspecified atom stereocenters. The van der Waals surface area contributed by atoms with Crippen LogP contribution in [0.5, 0.6) is 0 Å². The van der Waals surface area contributed by atoms with Crippen LogP contribution in [0.3, 0.4) is 0 Å². The number of rotatable bonds is 6. The average molecular weight is 392 g/mol. The van der Waals surface area contributed by atoms with Gasteiger partial charge in [-0.25, -0.2) is 0 Å². The highest BCUT2D eigenvalue weighted by Gasteiger charge is 2.29. The Morgan fingerprint density at radius 3 is 2.79 bits per heavy atom. The molecule has 7 heteroatoms. The van der Waals surface area contributed by atoms with E-state index in [9.17, 15) is 9.59 Å². The Balaban J connectivity index is 1.37. The molecule has 0 aromatic heterocycles. The van der Waals surface area contributed by atoms with E-state index in [1.807, 2.05) is 54.6 Å². The molecule has 150 valence electrons. The van der Waals surface area contributed by atoms with Crippen LogP contribution in [-0.2, 0) is 21.0 Å². The Kier molecular flexibility index (Phi) is 5.57. The fourth-order valence-corrected chi connectivity index (χ4v) is 3.88. The summed E-state index contributed by atoms with van der Waals surface area (Å²) in [6.45, 7) is 1.47. The molecule has 0 spiro atoms. The summed E-state index contributed by atoms with van der Waals surface area (Å²) in [5.74, 6) is -0.545. The maximum absolute atomic E-state index is 12.6. The first kappa shape index (κ1) is 19.1. The highest BCUT2D eigenvalue weighted by molar-refractivity contribution is 6.43. The summed E-state index contributed by atoms with van der Waals surface area (Å²) in [5.41, 5.74) is 8.57. The number of hydrogen-bond donors (Lipinski definition) is 2. The molecule has 1 saturated heterocycles. The van der Waals surface area contributed by atoms with Gasteiger partial charge in [-0.2, -0.15) is 0 Å². The van der Waals surface area contributed by atoms with Gasteiger partial charge in [0.15, 0.2) is 6.10 Å². The normalized spacial score (nSPS) is 21.4. The predicted octanol–water partition coefficient (Wildman–Crippen LogP) is 2.59. The van der Waals surface area contributed by atoms with E-state index in [1.54, 1.807) is 0 Å². The minimum Gasteiger partial charge on any atom is -0.387 e. The number of anilines is 1. The van der Waals surface area contributed by atoms with E-state index in [0.717, 1.165) is 30.5 Å². The molecular weight excluding hydrogens is 368 g/mol. The van der Waals surface area contributed by atoms with Crippen molar-refractivity contribution in [1.29, 1.82) is 0 Å². The van der Waals surface area contributed by atoms with E-state index in [4.69, 9.17) is 10.6 Å². The van der Waals surface area contributed by atoms with Gasteiger partial charge in [-0.1, -0.05) is 47.6 Å². The largest absolute Gasteiger partial charge is 0.387 e. The van der Waals surface area contributed by atoms with Crippen LogP contribution in [0.25, 0.3) is 0 Å². The van der Waals surface area contributed by atoms with E-state index in [1.165, 1.54) is 0 Å². The molecule has 3 N–H and O–H groups in total. The number of benzene rings is 2. The Morgan fingerprint density at radius 1 is 1.17 bits per heavy atom. The van der Waals surface area contributed by atoms with Gasteiger partial charge in [-0.15, -0.1) is 0 Å². The maximum atomic E-state index is 12.6. The van der Waals surface area contributed by atoms with Crippen LogP contribution in [0, 0.1) is 0 Å². The fraction of sp³-hybridized carbons (Fsp3) is 0.318. The van der Waals surface area contributed by atoms with E-state index in [2.05, 4.69) is 15.4 Å². The summed E-state index contributed by atoms with van der Waals surface area (Å²) in [6.07, 6.45) is 1.97. The van der Waals surface area contributed by atoms with E-state index in [0.29, 0.717) is 24.4 Å². The number of carbonyl (C=O) groups excluding carboxylic acids is 2. The molecule has 2 aliphatic heterocycles. The van der Waals surface area contributed by atoms with Crippen molar-refractivity contribution in [3.63, 3.8) is 0 Å². The highest BCUT2D eigenvalue weighted by Crippen LogP contribution is 2.27. The molecule has 0 radical (unpaired) electrons. The molecule has 1 fully saturated rings. The fourth-order valence-electron chi connectivity index (χ4n) is 3.88. The average Bonchev–Trinajstić information content (AvgIpc) is 3.39. The summed E-state index contributed by atoms with van der Waals surface area (Å²) >= 11 is 0. The molecule has 2 aromatic carbocycles. The zero-order chi connectivity index (χ0) is 20.2. The number of nitrogens with zero attached hydrogens (tertiary/aromatic N) is 2. The monoisotopic (exact) mass is 392 g/mol. The minimum atomic E-state index is -0.279. The molecule has 2 heterocycles. The van der Waals surface area contributed by atoms with Crippen LogP contribution in [0.15, 0.2) is 59.8 Å². The molecule has 0 saturated carbocycles. The van der Waals surface area contributed by atoms with Gasteiger partial charge >= 0.3 is 0 Å². The molecule has 7 nitrogen and oxygen atoms in total. The third kappa shape index (κ3) is 4.46. The first-order chi connectivity index (χ1) is 14.1. The molecule has 29 heavy (non-hydrogen) atoms. The zero-order valence-electron chi connectivity index (χ0n) is 16.1. The highest BCUT2D eigenvalue weighted by atomic mass is 16.6. The number of likely N-dealkylation sites (tertiary alicyclic amines) is 1. The summed E-state index contributed by atoms with van der Waals surface area (Å²) < 4.78 is 0. The Bertz CT molecular complexity index is 929. The summed E-state index contributed by atoms with van der Waals surface area (Å²) in [6, 6.07) is 17.1. The van der Waals surface area contributed by atoms with Crippen molar-refractivity contribution in [2.75, 3.05) is 11.9 Å². The van der Waals surface area contributed by atoms with Crippen molar-refractivity contribution >= 4 is 23.2 Å². The van der Waals surface area contributed by atoms with E-state index in [-0.39, 0.29) is 24.0 Å². The quantitative estimate of drug-likeness (QED) is 0.790. The molecule has 2 atom stereocenters. The number of nitrogens with two attached hydrogens (primary N) is 1. The lowest BCUT2D eigenvalue weighted by atomic mass is 10.0. The van der Waals surface area contributed by atoms with Crippen LogP contribution < -0.4 is 11.1 Å². The van der Waals surface area contributed by atoms with Crippen molar-refractivity contribution in [2.24, 2.45) is 10.9 Å². The van der Waals surface area contributed by atoms with Crippen molar-refractivity contribution in [3.05, 3.63) is 65.7 Å². The van der Waals surface area contributed by atoms with Crippen molar-refractivity contribution < 1.29 is 14.4 Å². The number of carbonyl (C=O) groups is 2. The molecule has 0 aliphatic carbocycles. The summed E-state index contributed by atoms with van der Waals surface area (Å²) in [4.78, 5) is 31.7. The summed E-state index contributed by atoms with van der Waals surface area (Å²) in [7, 11) is 0. The second-order valence-corrected chi connectivity index (χ2v) is 7.43. The lowest BCUT2D eigenvalue weighted by Gasteiger charge is -2.22. The van der Waals surface area contributed by atoms with Gasteiger partial charge in [0, 0.05) is 18.7 Å². The minimum absolute atomic E-state index is 0.215. The Hall–Kier alpha value is -3.19. The second-order valence-electron chi connectivity index (χ2n) is 7.43. The Labute approximate surface area is 169 Å². The summed E-state index contributed by atoms with van der Waals surface area (Å²) in [5, 5.41) is 6.86. The third-order valence-electron chi connectivity index (χ3n) is 5.36. The lowest BCUT2D eigenvalue weighted by Crippen LogP contribution is -2.39. The standard InChI is InChI=1S/C22H24N4O3/c23-21(27)19-10-5-11-26(19)14-15-6-4-9-17(12-15)24-22(28)18-13-20(29-25-18)16-7-2-1-3-8-16/h1-4,6-9,12,19-20H,5,10-11,13-14H2,(H2,23,27)(H,24,28). The molecule has 2 aromatic rings. The van der Waals surface area contributed by atoms with Crippen LogP contribution in [0.1, 0.15) is 36.5 Å². The number of hydrogen-bond acceptors (Lipinski definition) is 5. The molecule has 2 amide bonds. The van der Waals surface area contributed by atoms with Crippen molar-refractivity contribution in [3.8, 4) is 0 Å². The van der Waals surface area contributed by atoms with E-state index >= 15 is 0 Å². The number of nitrogens with one attached hydrogen (secondary N) is 1. The molecule has 0 bridgehead atoms. The van der Waals surface area contributed by atoms with Gasteiger partial charge in [-0.05, 0) is 42.6 Å². The molecule has 2 aliphatic rings. The maximum Gasteiger partial charge on any atom is 0.273 e. The predicted molar refractivity (Wildman–Crippen MR) is 110 cm³/mol. The van der Waals surface area contributed by atoms with Crippen LogP contribution in [-0.4, -0.2) is 35.0 Å². The molecule has 4 rings (SSSR count). The van der Waals surface area contributed by atoms with Gasteiger partial charge in [0.1, 0.15) is 5.71 Å².